The van der Waals surface area contributed by atoms with Gasteiger partial charge >= 0.3 is 0 Å². The zero-order chi connectivity index (χ0) is 23.5. The lowest BCUT2D eigenvalue weighted by atomic mass is 9.72. The SMILES string of the molecule is CC(C)(C)c1ccc(C(O)CN2CCC(C(O)(c3ccccc3)c3ccccc3)CC2)cc1. The van der Waals surface area contributed by atoms with E-state index in [0.717, 1.165) is 42.6 Å². The first kappa shape index (κ1) is 23.7. The molecule has 1 heterocycles. The first-order valence-corrected chi connectivity index (χ1v) is 12.1. The molecule has 1 atom stereocenters. The van der Waals surface area contributed by atoms with Crippen LogP contribution in [0, 0.1) is 5.92 Å². The van der Waals surface area contributed by atoms with Crippen molar-refractivity contribution in [1.82, 2.24) is 4.90 Å². The third kappa shape index (κ3) is 5.22. The minimum absolute atomic E-state index is 0.111. The van der Waals surface area contributed by atoms with Crippen molar-refractivity contribution < 1.29 is 10.2 Å². The second-order valence-electron chi connectivity index (χ2n) is 10.5. The molecule has 33 heavy (non-hydrogen) atoms. The van der Waals surface area contributed by atoms with Crippen LogP contribution in [0.2, 0.25) is 0 Å². The first-order chi connectivity index (χ1) is 15.8. The number of aliphatic hydroxyl groups excluding tert-OH is 1. The summed E-state index contributed by atoms with van der Waals surface area (Å²) in [6.45, 7) is 8.96. The topological polar surface area (TPSA) is 43.7 Å². The molecule has 1 fully saturated rings. The van der Waals surface area contributed by atoms with Gasteiger partial charge < -0.3 is 15.1 Å². The van der Waals surface area contributed by atoms with Crippen LogP contribution in [-0.4, -0.2) is 34.7 Å². The number of benzene rings is 3. The molecule has 1 saturated heterocycles. The molecule has 4 rings (SSSR count). The van der Waals surface area contributed by atoms with Gasteiger partial charge in [-0.1, -0.05) is 106 Å². The zero-order valence-corrected chi connectivity index (χ0v) is 20.1. The minimum Gasteiger partial charge on any atom is -0.387 e. The molecule has 3 aromatic carbocycles. The van der Waals surface area contributed by atoms with Crippen LogP contribution in [0.25, 0.3) is 0 Å². The summed E-state index contributed by atoms with van der Waals surface area (Å²) in [5.41, 5.74) is 3.26. The zero-order valence-electron chi connectivity index (χ0n) is 20.1. The maximum Gasteiger partial charge on any atom is 0.117 e. The Bertz CT molecular complexity index is 961. The monoisotopic (exact) mass is 443 g/mol. The highest BCUT2D eigenvalue weighted by Gasteiger charge is 2.41. The van der Waals surface area contributed by atoms with Gasteiger partial charge in [0.15, 0.2) is 0 Å². The van der Waals surface area contributed by atoms with Crippen LogP contribution in [0.5, 0.6) is 0 Å². The van der Waals surface area contributed by atoms with E-state index in [1.54, 1.807) is 0 Å². The van der Waals surface area contributed by atoms with Crippen LogP contribution in [-0.2, 0) is 11.0 Å². The number of β-amino-alcohol motifs (C(OH)–C–C–N with tert-alkyl or cyclic N) is 1. The molecule has 0 spiro atoms. The maximum absolute atomic E-state index is 12.0. The molecule has 0 saturated carbocycles. The molecule has 3 aromatic rings. The number of aliphatic hydroxyl groups is 2. The van der Waals surface area contributed by atoms with Gasteiger partial charge in [0.25, 0.3) is 0 Å². The highest BCUT2D eigenvalue weighted by atomic mass is 16.3. The van der Waals surface area contributed by atoms with Gasteiger partial charge in [-0.25, -0.2) is 0 Å². The Morgan fingerprint density at radius 3 is 1.70 bits per heavy atom. The van der Waals surface area contributed by atoms with Gasteiger partial charge in [0, 0.05) is 6.54 Å². The summed E-state index contributed by atoms with van der Waals surface area (Å²) in [7, 11) is 0. The predicted molar refractivity (Wildman–Crippen MR) is 135 cm³/mol. The van der Waals surface area contributed by atoms with Crippen molar-refractivity contribution in [2.75, 3.05) is 19.6 Å². The highest BCUT2D eigenvalue weighted by molar-refractivity contribution is 5.37. The summed E-state index contributed by atoms with van der Waals surface area (Å²) in [5, 5.41) is 22.9. The number of hydrogen-bond donors (Lipinski definition) is 2. The first-order valence-electron chi connectivity index (χ1n) is 12.1. The van der Waals surface area contributed by atoms with Crippen molar-refractivity contribution >= 4 is 0 Å². The number of piperidine rings is 1. The second kappa shape index (κ2) is 9.80. The Morgan fingerprint density at radius 2 is 1.24 bits per heavy atom. The van der Waals surface area contributed by atoms with E-state index in [4.69, 9.17) is 0 Å². The normalized spacial score (nSPS) is 17.1. The molecule has 0 aliphatic carbocycles. The summed E-state index contributed by atoms with van der Waals surface area (Å²) in [5.74, 6) is 0.127. The van der Waals surface area contributed by atoms with E-state index < -0.39 is 11.7 Å². The summed E-state index contributed by atoms with van der Waals surface area (Å²) in [6, 6.07) is 28.5. The van der Waals surface area contributed by atoms with Crippen molar-refractivity contribution in [3.05, 3.63) is 107 Å². The third-order valence-electron chi connectivity index (χ3n) is 7.20. The molecule has 0 amide bonds. The number of nitrogens with zero attached hydrogens (tertiary/aromatic N) is 1. The minimum atomic E-state index is -1.00. The van der Waals surface area contributed by atoms with Crippen molar-refractivity contribution in [3.63, 3.8) is 0 Å². The van der Waals surface area contributed by atoms with Gasteiger partial charge in [0.2, 0.25) is 0 Å². The van der Waals surface area contributed by atoms with Crippen LogP contribution in [0.4, 0.5) is 0 Å². The Hall–Kier alpha value is -2.46. The number of likely N-dealkylation sites (tertiary alicyclic amines) is 1. The Balaban J connectivity index is 1.44. The summed E-state index contributed by atoms with van der Waals surface area (Å²) in [6.07, 6.45) is 1.27. The van der Waals surface area contributed by atoms with Gasteiger partial charge in [-0.2, -0.15) is 0 Å². The largest absolute Gasteiger partial charge is 0.387 e. The number of rotatable bonds is 6. The fourth-order valence-electron chi connectivity index (χ4n) is 5.11. The summed E-state index contributed by atoms with van der Waals surface area (Å²) >= 11 is 0. The van der Waals surface area contributed by atoms with Crippen molar-refractivity contribution in [2.24, 2.45) is 5.92 Å². The lowest BCUT2D eigenvalue weighted by molar-refractivity contribution is -0.0198. The summed E-state index contributed by atoms with van der Waals surface area (Å²) < 4.78 is 0. The standard InChI is InChI=1S/C30H37NO2/c1-29(2,3)24-16-14-23(15-17-24)28(32)22-31-20-18-27(19-21-31)30(33,25-10-6-4-7-11-25)26-12-8-5-9-13-26/h4-17,27-28,32-33H,18-22H2,1-3H3. The molecular weight excluding hydrogens is 406 g/mol. The van der Waals surface area contributed by atoms with E-state index in [1.165, 1.54) is 5.56 Å². The Labute approximate surface area is 198 Å². The van der Waals surface area contributed by atoms with Gasteiger partial charge in [-0.15, -0.1) is 0 Å². The molecular formula is C30H37NO2. The molecule has 0 bridgehead atoms. The van der Waals surface area contributed by atoms with E-state index in [0.29, 0.717) is 6.54 Å². The Kier molecular flexibility index (Phi) is 7.04. The number of hydrogen-bond acceptors (Lipinski definition) is 3. The smallest absolute Gasteiger partial charge is 0.117 e. The van der Waals surface area contributed by atoms with E-state index in [9.17, 15) is 10.2 Å². The van der Waals surface area contributed by atoms with Crippen LogP contribution in [0.15, 0.2) is 84.9 Å². The van der Waals surface area contributed by atoms with Crippen LogP contribution < -0.4 is 0 Å². The molecule has 1 aliphatic rings. The lowest BCUT2D eigenvalue weighted by Gasteiger charge is -2.42. The average Bonchev–Trinajstić information content (AvgIpc) is 2.84. The highest BCUT2D eigenvalue weighted by Crippen LogP contribution is 2.42. The van der Waals surface area contributed by atoms with Crippen LogP contribution >= 0.6 is 0 Å². The van der Waals surface area contributed by atoms with E-state index in [-0.39, 0.29) is 11.3 Å². The molecule has 174 valence electrons. The van der Waals surface area contributed by atoms with Crippen molar-refractivity contribution in [2.45, 2.75) is 50.7 Å². The molecule has 3 nitrogen and oxygen atoms in total. The van der Waals surface area contributed by atoms with E-state index in [1.807, 2.05) is 60.7 Å². The maximum atomic E-state index is 12.0. The third-order valence-corrected chi connectivity index (χ3v) is 7.20. The summed E-state index contributed by atoms with van der Waals surface area (Å²) in [4.78, 5) is 2.33. The molecule has 1 aliphatic heterocycles. The van der Waals surface area contributed by atoms with Crippen molar-refractivity contribution in [1.29, 1.82) is 0 Å². The van der Waals surface area contributed by atoms with E-state index in [2.05, 4.69) is 49.9 Å². The van der Waals surface area contributed by atoms with Gasteiger partial charge in [-0.05, 0) is 59.5 Å². The van der Waals surface area contributed by atoms with Crippen molar-refractivity contribution in [3.8, 4) is 0 Å². The fraction of sp³-hybridized carbons (Fsp3) is 0.400. The van der Waals surface area contributed by atoms with E-state index >= 15 is 0 Å². The molecule has 2 N–H and O–H groups in total. The van der Waals surface area contributed by atoms with Gasteiger partial charge in [0.1, 0.15) is 5.60 Å². The van der Waals surface area contributed by atoms with Gasteiger partial charge in [-0.3, -0.25) is 0 Å². The Morgan fingerprint density at radius 1 is 0.758 bits per heavy atom. The molecule has 0 aromatic heterocycles. The molecule has 3 heteroatoms. The van der Waals surface area contributed by atoms with Gasteiger partial charge in [0.05, 0.1) is 6.10 Å². The molecule has 1 unspecified atom stereocenters. The predicted octanol–water partition coefficient (Wildman–Crippen LogP) is 5.67. The molecule has 0 radical (unpaired) electrons. The quantitative estimate of drug-likeness (QED) is 0.516. The fourth-order valence-corrected chi connectivity index (χ4v) is 5.11. The lowest BCUT2D eigenvalue weighted by Crippen LogP contribution is -2.45. The second-order valence-corrected chi connectivity index (χ2v) is 10.5. The average molecular weight is 444 g/mol. The van der Waals surface area contributed by atoms with Crippen LogP contribution in [0.3, 0.4) is 0 Å². The van der Waals surface area contributed by atoms with Crippen LogP contribution in [0.1, 0.15) is 62.0 Å².